The van der Waals surface area contributed by atoms with Gasteiger partial charge in [-0.25, -0.2) is 4.98 Å². The number of nitrogens with zero attached hydrogens (tertiary/aromatic N) is 2. The first-order chi connectivity index (χ1) is 10.6. The summed E-state index contributed by atoms with van der Waals surface area (Å²) in [4.78, 5) is 28.7. The molecular weight excluding hydrogens is 278 g/mol. The number of para-hydroxylation sites is 1. The van der Waals surface area contributed by atoms with E-state index in [2.05, 4.69) is 17.2 Å². The molecule has 1 amide bonds. The number of hydrogen-bond acceptors (Lipinski definition) is 3. The Balaban J connectivity index is 1.69. The minimum absolute atomic E-state index is 0.0305. The zero-order chi connectivity index (χ0) is 15.5. The third-order valence-electron chi connectivity index (χ3n) is 4.43. The fourth-order valence-corrected chi connectivity index (χ4v) is 3.05. The molecule has 1 aromatic carbocycles. The second-order valence-electron chi connectivity index (χ2n) is 6.22. The third kappa shape index (κ3) is 3.18. The van der Waals surface area contributed by atoms with E-state index in [0.717, 1.165) is 31.6 Å². The van der Waals surface area contributed by atoms with Crippen molar-refractivity contribution in [3.8, 4) is 0 Å². The van der Waals surface area contributed by atoms with Crippen LogP contribution in [0, 0.1) is 5.92 Å². The lowest BCUT2D eigenvalue weighted by Gasteiger charge is -2.26. The van der Waals surface area contributed by atoms with Gasteiger partial charge in [-0.05, 0) is 43.7 Å². The van der Waals surface area contributed by atoms with Crippen molar-refractivity contribution in [3.05, 3.63) is 40.9 Å². The van der Waals surface area contributed by atoms with E-state index in [1.165, 1.54) is 10.9 Å². The van der Waals surface area contributed by atoms with Crippen molar-refractivity contribution < 1.29 is 4.79 Å². The molecule has 0 radical (unpaired) electrons. The Labute approximate surface area is 129 Å². The Morgan fingerprint density at radius 2 is 2.00 bits per heavy atom. The number of aromatic nitrogens is 2. The van der Waals surface area contributed by atoms with Crippen molar-refractivity contribution in [3.63, 3.8) is 0 Å². The van der Waals surface area contributed by atoms with Crippen LogP contribution >= 0.6 is 0 Å². The van der Waals surface area contributed by atoms with Gasteiger partial charge in [-0.2, -0.15) is 0 Å². The van der Waals surface area contributed by atoms with E-state index < -0.39 is 0 Å². The van der Waals surface area contributed by atoms with Crippen LogP contribution in [0.4, 0.5) is 0 Å². The molecule has 5 nitrogen and oxygen atoms in total. The second-order valence-corrected chi connectivity index (χ2v) is 6.22. The van der Waals surface area contributed by atoms with Gasteiger partial charge in [-0.3, -0.25) is 14.2 Å². The quantitative estimate of drug-likeness (QED) is 0.944. The van der Waals surface area contributed by atoms with E-state index in [-0.39, 0.29) is 24.1 Å². The second kappa shape index (κ2) is 6.30. The maximum absolute atomic E-state index is 12.3. The van der Waals surface area contributed by atoms with E-state index in [1.807, 2.05) is 6.07 Å². The summed E-state index contributed by atoms with van der Waals surface area (Å²) in [6.45, 7) is 2.28. The van der Waals surface area contributed by atoms with Gasteiger partial charge in [0.1, 0.15) is 6.54 Å². The largest absolute Gasteiger partial charge is 0.352 e. The molecule has 3 rings (SSSR count). The van der Waals surface area contributed by atoms with Crippen molar-refractivity contribution >= 4 is 16.8 Å². The van der Waals surface area contributed by atoms with Crippen LogP contribution in [0.2, 0.25) is 0 Å². The Morgan fingerprint density at radius 3 is 2.77 bits per heavy atom. The molecular formula is C17H21N3O2. The molecule has 0 unspecified atom stereocenters. The van der Waals surface area contributed by atoms with Gasteiger partial charge in [0, 0.05) is 6.04 Å². The van der Waals surface area contributed by atoms with E-state index in [1.54, 1.807) is 18.2 Å². The molecule has 22 heavy (non-hydrogen) atoms. The summed E-state index contributed by atoms with van der Waals surface area (Å²) in [5.74, 6) is 0.638. The standard InChI is InChI=1S/C17H21N3O2/c1-12-6-8-13(9-7-12)19-16(21)10-20-11-18-15-5-3-2-4-14(15)17(20)22/h2-5,11-13H,6-10H2,1H3,(H,19,21). The van der Waals surface area contributed by atoms with Crippen LogP contribution in [0.25, 0.3) is 10.9 Å². The lowest BCUT2D eigenvalue weighted by atomic mass is 9.87. The third-order valence-corrected chi connectivity index (χ3v) is 4.43. The molecule has 1 heterocycles. The van der Waals surface area contributed by atoms with E-state index >= 15 is 0 Å². The van der Waals surface area contributed by atoms with Crippen LogP contribution < -0.4 is 10.9 Å². The molecule has 1 fully saturated rings. The monoisotopic (exact) mass is 299 g/mol. The van der Waals surface area contributed by atoms with Crippen LogP contribution in [0.5, 0.6) is 0 Å². The Hall–Kier alpha value is -2.17. The first-order valence-corrected chi connectivity index (χ1v) is 7.87. The lowest BCUT2D eigenvalue weighted by molar-refractivity contribution is -0.122. The Kier molecular flexibility index (Phi) is 4.22. The normalized spacial score (nSPS) is 21.7. The van der Waals surface area contributed by atoms with Crippen molar-refractivity contribution in [2.45, 2.75) is 45.2 Å². The fourth-order valence-electron chi connectivity index (χ4n) is 3.05. The average Bonchev–Trinajstić information content (AvgIpc) is 2.53. The zero-order valence-corrected chi connectivity index (χ0v) is 12.8. The first-order valence-electron chi connectivity index (χ1n) is 7.87. The predicted octanol–water partition coefficient (Wildman–Crippen LogP) is 2.09. The number of rotatable bonds is 3. The minimum atomic E-state index is -0.169. The highest BCUT2D eigenvalue weighted by Crippen LogP contribution is 2.23. The SMILES string of the molecule is CC1CCC(NC(=O)Cn2cnc3ccccc3c2=O)CC1. The number of benzene rings is 1. The smallest absolute Gasteiger partial charge is 0.261 e. The number of hydrogen-bond donors (Lipinski definition) is 1. The van der Waals surface area contributed by atoms with Crippen LogP contribution in [-0.4, -0.2) is 21.5 Å². The molecule has 5 heteroatoms. The zero-order valence-electron chi connectivity index (χ0n) is 12.8. The molecule has 1 aliphatic carbocycles. The maximum atomic E-state index is 12.3. The summed E-state index contributed by atoms with van der Waals surface area (Å²) in [6, 6.07) is 7.42. The molecule has 1 aromatic heterocycles. The highest BCUT2D eigenvalue weighted by molar-refractivity contribution is 5.79. The highest BCUT2D eigenvalue weighted by atomic mass is 16.2. The predicted molar refractivity (Wildman–Crippen MR) is 85.6 cm³/mol. The molecule has 0 bridgehead atoms. The first kappa shape index (κ1) is 14.8. The molecule has 1 saturated carbocycles. The van der Waals surface area contributed by atoms with Gasteiger partial charge in [0.25, 0.3) is 5.56 Å². The number of amides is 1. The summed E-state index contributed by atoms with van der Waals surface area (Å²) < 4.78 is 1.38. The molecule has 0 atom stereocenters. The topological polar surface area (TPSA) is 64.0 Å². The number of fused-ring (bicyclic) bond motifs is 1. The summed E-state index contributed by atoms with van der Waals surface area (Å²) in [5, 5.41) is 3.58. The Bertz CT molecular complexity index is 730. The maximum Gasteiger partial charge on any atom is 0.261 e. The molecule has 0 spiro atoms. The number of nitrogens with one attached hydrogen (secondary N) is 1. The molecule has 0 saturated heterocycles. The van der Waals surface area contributed by atoms with Crippen molar-refractivity contribution in [1.29, 1.82) is 0 Å². The van der Waals surface area contributed by atoms with Crippen molar-refractivity contribution in [1.82, 2.24) is 14.9 Å². The van der Waals surface area contributed by atoms with Crippen LogP contribution in [-0.2, 0) is 11.3 Å². The summed E-state index contributed by atoms with van der Waals surface area (Å²) in [6.07, 6.45) is 5.81. The van der Waals surface area contributed by atoms with Crippen molar-refractivity contribution in [2.24, 2.45) is 5.92 Å². The summed E-state index contributed by atoms with van der Waals surface area (Å²) in [5.41, 5.74) is 0.489. The average molecular weight is 299 g/mol. The Morgan fingerprint density at radius 1 is 1.27 bits per heavy atom. The van der Waals surface area contributed by atoms with E-state index in [4.69, 9.17) is 0 Å². The van der Waals surface area contributed by atoms with E-state index in [9.17, 15) is 9.59 Å². The summed E-state index contributed by atoms with van der Waals surface area (Å²) in [7, 11) is 0. The van der Waals surface area contributed by atoms with Crippen LogP contribution in [0.15, 0.2) is 35.4 Å². The molecule has 0 aliphatic heterocycles. The van der Waals surface area contributed by atoms with Gasteiger partial charge in [0.15, 0.2) is 0 Å². The van der Waals surface area contributed by atoms with Crippen molar-refractivity contribution in [2.75, 3.05) is 0 Å². The minimum Gasteiger partial charge on any atom is -0.352 e. The number of carbonyl (C=O) groups excluding carboxylic acids is 1. The van der Waals surface area contributed by atoms with Crippen LogP contribution in [0.3, 0.4) is 0 Å². The van der Waals surface area contributed by atoms with Crippen LogP contribution in [0.1, 0.15) is 32.6 Å². The lowest BCUT2D eigenvalue weighted by Crippen LogP contribution is -2.40. The van der Waals surface area contributed by atoms with Gasteiger partial charge < -0.3 is 5.32 Å². The van der Waals surface area contributed by atoms with Gasteiger partial charge in [0.2, 0.25) is 5.91 Å². The number of carbonyl (C=O) groups is 1. The summed E-state index contributed by atoms with van der Waals surface area (Å²) >= 11 is 0. The molecule has 1 aliphatic rings. The highest BCUT2D eigenvalue weighted by Gasteiger charge is 2.20. The van der Waals surface area contributed by atoms with Gasteiger partial charge in [0.05, 0.1) is 17.2 Å². The molecule has 2 aromatic rings. The van der Waals surface area contributed by atoms with E-state index in [0.29, 0.717) is 10.9 Å². The molecule has 116 valence electrons. The van der Waals surface area contributed by atoms with Gasteiger partial charge in [-0.1, -0.05) is 19.1 Å². The van der Waals surface area contributed by atoms with Gasteiger partial charge >= 0.3 is 0 Å². The van der Waals surface area contributed by atoms with Gasteiger partial charge in [-0.15, -0.1) is 0 Å². The fraction of sp³-hybridized carbons (Fsp3) is 0.471. The molecule has 1 N–H and O–H groups in total.